The highest BCUT2D eigenvalue weighted by molar-refractivity contribution is 6.31. The van der Waals surface area contributed by atoms with Gasteiger partial charge in [-0.05, 0) is 25.5 Å². The van der Waals surface area contributed by atoms with Crippen LogP contribution in [0.1, 0.15) is 33.1 Å². The highest BCUT2D eigenvalue weighted by atomic mass is 35.5. The van der Waals surface area contributed by atoms with Crippen LogP contribution in [-0.2, 0) is 19.8 Å². The maximum Gasteiger partial charge on any atom is 0.435 e. The van der Waals surface area contributed by atoms with E-state index in [4.69, 9.17) is 11.6 Å². The third-order valence-corrected chi connectivity index (χ3v) is 4.67. The van der Waals surface area contributed by atoms with Gasteiger partial charge in [-0.3, -0.25) is 14.2 Å². The van der Waals surface area contributed by atoms with Crippen molar-refractivity contribution < 1.29 is 18.0 Å². The van der Waals surface area contributed by atoms with Gasteiger partial charge >= 0.3 is 6.18 Å². The van der Waals surface area contributed by atoms with E-state index < -0.39 is 17.8 Å². The summed E-state index contributed by atoms with van der Waals surface area (Å²) in [5.41, 5.74) is 1.16. The van der Waals surface area contributed by atoms with Crippen molar-refractivity contribution >= 4 is 23.2 Å². The molecule has 148 valence electrons. The maximum atomic E-state index is 12.8. The number of rotatable bonds is 4. The normalized spacial score (nSPS) is 11.7. The third-order valence-electron chi connectivity index (χ3n) is 4.30. The minimum Gasteiger partial charge on any atom is -0.317 e. The standard InChI is InChI=1S/C18H17ClF3N5O/c1-10-16(11(2)27(24-10)9-12-6-4-5-7-13(12)19)23-17(28)14-8-15(18(20,21)22)25-26(14)3/h4-8H,9H2,1-3H3,(H,23,28). The fourth-order valence-corrected chi connectivity index (χ4v) is 3.01. The van der Waals surface area contributed by atoms with Crippen molar-refractivity contribution in [1.82, 2.24) is 19.6 Å². The van der Waals surface area contributed by atoms with Crippen molar-refractivity contribution in [3.8, 4) is 0 Å². The summed E-state index contributed by atoms with van der Waals surface area (Å²) < 4.78 is 41.0. The number of hydrogen-bond donors (Lipinski definition) is 1. The van der Waals surface area contributed by atoms with Crippen molar-refractivity contribution in [2.45, 2.75) is 26.6 Å². The molecule has 3 rings (SSSR count). The Bertz CT molecular complexity index is 1040. The number of aryl methyl sites for hydroxylation is 2. The lowest BCUT2D eigenvalue weighted by Crippen LogP contribution is -2.17. The Labute approximate surface area is 163 Å². The minimum absolute atomic E-state index is 0.204. The average molecular weight is 412 g/mol. The molecule has 1 amide bonds. The van der Waals surface area contributed by atoms with Crippen LogP contribution in [0.3, 0.4) is 0 Å². The molecule has 2 heterocycles. The Hall–Kier alpha value is -2.81. The SMILES string of the molecule is Cc1nn(Cc2ccccc2Cl)c(C)c1NC(=O)c1cc(C(F)(F)F)nn1C. The number of benzene rings is 1. The zero-order valence-corrected chi connectivity index (χ0v) is 16.1. The summed E-state index contributed by atoms with van der Waals surface area (Å²) in [5, 5.41) is 11.0. The molecule has 0 saturated carbocycles. The number of carbonyl (C=O) groups is 1. The Morgan fingerprint density at radius 3 is 2.50 bits per heavy atom. The van der Waals surface area contributed by atoms with Crippen LogP contribution >= 0.6 is 11.6 Å². The number of anilines is 1. The van der Waals surface area contributed by atoms with E-state index in [0.717, 1.165) is 10.2 Å². The highest BCUT2D eigenvalue weighted by Gasteiger charge is 2.35. The molecule has 0 aliphatic rings. The molecule has 2 aromatic heterocycles. The van der Waals surface area contributed by atoms with Crippen LogP contribution in [0.2, 0.25) is 5.02 Å². The summed E-state index contributed by atoms with van der Waals surface area (Å²) in [4.78, 5) is 12.5. The quantitative estimate of drug-likeness (QED) is 0.699. The number of nitrogens with one attached hydrogen (secondary N) is 1. The predicted octanol–water partition coefficient (Wildman–Crippen LogP) is 4.21. The van der Waals surface area contributed by atoms with Gasteiger partial charge in [-0.25, -0.2) is 0 Å². The summed E-state index contributed by atoms with van der Waals surface area (Å²) >= 11 is 6.18. The van der Waals surface area contributed by atoms with Crippen molar-refractivity contribution in [3.05, 3.63) is 63.7 Å². The van der Waals surface area contributed by atoms with Gasteiger partial charge in [0.05, 0.1) is 23.6 Å². The van der Waals surface area contributed by atoms with E-state index >= 15 is 0 Å². The van der Waals surface area contributed by atoms with Crippen LogP contribution in [0.4, 0.5) is 18.9 Å². The molecule has 28 heavy (non-hydrogen) atoms. The number of halogens is 4. The number of carbonyl (C=O) groups excluding carboxylic acids is 1. The summed E-state index contributed by atoms with van der Waals surface area (Å²) in [7, 11) is 1.28. The van der Waals surface area contributed by atoms with Crippen LogP contribution in [0.25, 0.3) is 0 Å². The van der Waals surface area contributed by atoms with Gasteiger partial charge in [-0.2, -0.15) is 23.4 Å². The second kappa shape index (κ2) is 7.31. The van der Waals surface area contributed by atoms with Crippen LogP contribution in [-0.4, -0.2) is 25.5 Å². The predicted molar refractivity (Wildman–Crippen MR) is 98.4 cm³/mol. The molecule has 0 radical (unpaired) electrons. The first-order valence-corrected chi connectivity index (χ1v) is 8.65. The number of alkyl halides is 3. The van der Waals surface area contributed by atoms with E-state index in [0.29, 0.717) is 34.7 Å². The molecule has 0 spiro atoms. The Morgan fingerprint density at radius 2 is 1.89 bits per heavy atom. The fraction of sp³-hybridized carbons (Fsp3) is 0.278. The van der Waals surface area contributed by atoms with Crippen molar-refractivity contribution in [3.63, 3.8) is 0 Å². The fourth-order valence-electron chi connectivity index (χ4n) is 2.82. The van der Waals surface area contributed by atoms with Gasteiger partial charge in [0.1, 0.15) is 5.69 Å². The van der Waals surface area contributed by atoms with Gasteiger partial charge in [0, 0.05) is 18.1 Å². The molecule has 0 aliphatic carbocycles. The maximum absolute atomic E-state index is 12.8. The van der Waals surface area contributed by atoms with E-state index in [9.17, 15) is 18.0 Å². The molecule has 1 aromatic carbocycles. The molecule has 0 atom stereocenters. The first kappa shape index (κ1) is 19.9. The highest BCUT2D eigenvalue weighted by Crippen LogP contribution is 2.29. The van der Waals surface area contributed by atoms with Crippen molar-refractivity contribution in [1.29, 1.82) is 0 Å². The van der Waals surface area contributed by atoms with Crippen LogP contribution < -0.4 is 5.32 Å². The second-order valence-corrected chi connectivity index (χ2v) is 6.69. The van der Waals surface area contributed by atoms with E-state index in [1.165, 1.54) is 7.05 Å². The van der Waals surface area contributed by atoms with Gasteiger partial charge < -0.3 is 5.32 Å². The van der Waals surface area contributed by atoms with Crippen LogP contribution in [0.15, 0.2) is 30.3 Å². The van der Waals surface area contributed by atoms with Gasteiger partial charge in [0.25, 0.3) is 5.91 Å². The lowest BCUT2D eigenvalue weighted by atomic mass is 10.2. The first-order valence-electron chi connectivity index (χ1n) is 8.28. The number of aromatic nitrogens is 4. The molecule has 3 aromatic rings. The Kier molecular flexibility index (Phi) is 5.20. The molecular formula is C18H17ClF3N5O. The van der Waals surface area contributed by atoms with E-state index in [1.807, 2.05) is 18.2 Å². The number of hydrogen-bond acceptors (Lipinski definition) is 3. The lowest BCUT2D eigenvalue weighted by Gasteiger charge is -2.08. The summed E-state index contributed by atoms with van der Waals surface area (Å²) in [6.45, 7) is 3.86. The zero-order valence-electron chi connectivity index (χ0n) is 15.3. The topological polar surface area (TPSA) is 64.7 Å². The molecule has 0 aliphatic heterocycles. The van der Waals surface area contributed by atoms with Gasteiger partial charge in [0.15, 0.2) is 5.69 Å². The van der Waals surface area contributed by atoms with E-state index in [2.05, 4.69) is 15.5 Å². The largest absolute Gasteiger partial charge is 0.435 e. The zero-order chi connectivity index (χ0) is 20.6. The molecule has 0 bridgehead atoms. The number of nitrogens with zero attached hydrogens (tertiary/aromatic N) is 4. The van der Waals surface area contributed by atoms with Crippen molar-refractivity contribution in [2.24, 2.45) is 7.05 Å². The minimum atomic E-state index is -4.62. The summed E-state index contributed by atoms with van der Waals surface area (Å²) in [6.07, 6.45) is -4.62. The molecule has 0 saturated heterocycles. The smallest absolute Gasteiger partial charge is 0.317 e. The average Bonchev–Trinajstić information content (AvgIpc) is 3.12. The molecule has 0 unspecified atom stereocenters. The summed E-state index contributed by atoms with van der Waals surface area (Å²) in [5.74, 6) is -0.700. The van der Waals surface area contributed by atoms with Crippen LogP contribution in [0.5, 0.6) is 0 Å². The molecule has 10 heteroatoms. The van der Waals surface area contributed by atoms with E-state index in [1.54, 1.807) is 24.6 Å². The second-order valence-electron chi connectivity index (χ2n) is 6.29. The third kappa shape index (κ3) is 3.89. The lowest BCUT2D eigenvalue weighted by molar-refractivity contribution is -0.141. The van der Waals surface area contributed by atoms with Gasteiger partial charge in [0.2, 0.25) is 0 Å². The number of amides is 1. The summed E-state index contributed by atoms with van der Waals surface area (Å²) in [6, 6.07) is 8.03. The van der Waals surface area contributed by atoms with Gasteiger partial charge in [-0.15, -0.1) is 0 Å². The molecule has 0 fully saturated rings. The molecular weight excluding hydrogens is 395 g/mol. The first-order chi connectivity index (χ1) is 13.1. The Balaban J connectivity index is 1.85. The van der Waals surface area contributed by atoms with Crippen LogP contribution in [0, 0.1) is 13.8 Å². The van der Waals surface area contributed by atoms with Gasteiger partial charge in [-0.1, -0.05) is 29.8 Å². The molecule has 6 nitrogen and oxygen atoms in total. The van der Waals surface area contributed by atoms with Crippen molar-refractivity contribution in [2.75, 3.05) is 5.32 Å². The van der Waals surface area contributed by atoms with E-state index in [-0.39, 0.29) is 5.69 Å². The monoisotopic (exact) mass is 411 g/mol. The molecule has 1 N–H and O–H groups in total. The Morgan fingerprint density at radius 1 is 1.21 bits per heavy atom.